The van der Waals surface area contributed by atoms with Gasteiger partial charge >= 0.3 is 0 Å². The number of hydrogen-bond donors (Lipinski definition) is 2. The first-order chi connectivity index (χ1) is 4.75. The number of nitrogen functional groups attached to an aromatic ring is 1. The molecule has 0 amide bonds. The normalized spacial score (nSPS) is 10.1. The monoisotopic (exact) mass is 158 g/mol. The zero-order valence-electron chi connectivity index (χ0n) is 5.79. The summed E-state index contributed by atoms with van der Waals surface area (Å²) in [5, 5.41) is 6.37. The van der Waals surface area contributed by atoms with E-state index in [1.165, 1.54) is 0 Å². The average molecular weight is 158 g/mol. The topological polar surface area (TPSA) is 59.6 Å². The molecule has 0 aromatic carbocycles. The highest BCUT2D eigenvalue weighted by molar-refractivity contribution is 7.71. The molecule has 5 heteroatoms. The van der Waals surface area contributed by atoms with Crippen molar-refractivity contribution in [3.63, 3.8) is 0 Å². The van der Waals surface area contributed by atoms with Gasteiger partial charge in [0.15, 0.2) is 4.77 Å². The molecule has 1 aromatic rings. The summed E-state index contributed by atoms with van der Waals surface area (Å²) in [7, 11) is 0. The molecular weight excluding hydrogens is 148 g/mol. The molecule has 1 aromatic heterocycles. The second-order valence-electron chi connectivity index (χ2n) is 2.04. The zero-order valence-corrected chi connectivity index (χ0v) is 6.61. The largest absolute Gasteiger partial charge is 0.368 e. The lowest BCUT2D eigenvalue weighted by Crippen LogP contribution is -2.02. The predicted octanol–water partition coefficient (Wildman–Crippen LogP) is 0.933. The van der Waals surface area contributed by atoms with E-state index in [2.05, 4.69) is 17.1 Å². The third-order valence-electron chi connectivity index (χ3n) is 1.24. The van der Waals surface area contributed by atoms with Gasteiger partial charge in [-0.25, -0.2) is 5.10 Å². The van der Waals surface area contributed by atoms with Crippen molar-refractivity contribution in [2.75, 3.05) is 5.73 Å². The van der Waals surface area contributed by atoms with Crippen LogP contribution in [-0.2, 0) is 6.54 Å². The molecule has 0 unspecified atom stereocenters. The van der Waals surface area contributed by atoms with Crippen molar-refractivity contribution in [1.29, 1.82) is 0 Å². The molecule has 0 spiro atoms. The molecule has 3 N–H and O–H groups in total. The number of aromatic nitrogens is 3. The molecule has 1 rings (SSSR count). The SMILES string of the molecule is CCCn1c(N)n[nH]c1=S. The molecule has 4 nitrogen and oxygen atoms in total. The third-order valence-corrected chi connectivity index (χ3v) is 1.55. The van der Waals surface area contributed by atoms with Crippen molar-refractivity contribution < 1.29 is 0 Å². The summed E-state index contributed by atoms with van der Waals surface area (Å²) in [4.78, 5) is 0. The Morgan fingerprint density at radius 3 is 2.90 bits per heavy atom. The summed E-state index contributed by atoms with van der Waals surface area (Å²) in [6, 6.07) is 0. The Labute approximate surface area is 64.1 Å². The number of H-pyrrole nitrogens is 1. The molecular formula is C5H10N4S. The molecule has 0 fully saturated rings. The second-order valence-corrected chi connectivity index (χ2v) is 2.43. The highest BCUT2D eigenvalue weighted by atomic mass is 32.1. The number of nitrogens with zero attached hydrogens (tertiary/aromatic N) is 2. The molecule has 0 bridgehead atoms. The van der Waals surface area contributed by atoms with Gasteiger partial charge in [0.1, 0.15) is 0 Å². The Bertz CT molecular complexity index is 261. The fourth-order valence-corrected chi connectivity index (χ4v) is 1.00. The van der Waals surface area contributed by atoms with Crippen LogP contribution in [0.5, 0.6) is 0 Å². The molecule has 56 valence electrons. The minimum Gasteiger partial charge on any atom is -0.368 e. The van der Waals surface area contributed by atoms with E-state index in [4.69, 9.17) is 18.0 Å². The van der Waals surface area contributed by atoms with Gasteiger partial charge < -0.3 is 5.73 Å². The minimum absolute atomic E-state index is 0.465. The van der Waals surface area contributed by atoms with Crippen molar-refractivity contribution >= 4 is 18.2 Å². The van der Waals surface area contributed by atoms with Gasteiger partial charge in [-0.05, 0) is 18.6 Å². The van der Waals surface area contributed by atoms with Crippen molar-refractivity contribution in [3.05, 3.63) is 4.77 Å². The third kappa shape index (κ3) is 1.18. The summed E-state index contributed by atoms with van der Waals surface area (Å²) < 4.78 is 2.37. The summed E-state index contributed by atoms with van der Waals surface area (Å²) >= 11 is 4.90. The van der Waals surface area contributed by atoms with Gasteiger partial charge in [-0.3, -0.25) is 4.57 Å². The molecule has 0 aliphatic rings. The van der Waals surface area contributed by atoms with Gasteiger partial charge in [-0.15, -0.1) is 5.10 Å². The van der Waals surface area contributed by atoms with Gasteiger partial charge in [0.05, 0.1) is 0 Å². The lowest BCUT2D eigenvalue weighted by molar-refractivity contribution is 0.677. The van der Waals surface area contributed by atoms with Crippen LogP contribution in [0.1, 0.15) is 13.3 Å². The maximum atomic E-state index is 5.48. The van der Waals surface area contributed by atoms with Gasteiger partial charge in [-0.1, -0.05) is 6.92 Å². The number of anilines is 1. The summed E-state index contributed by atoms with van der Waals surface area (Å²) in [5.41, 5.74) is 5.48. The van der Waals surface area contributed by atoms with Crippen LogP contribution < -0.4 is 5.73 Å². The van der Waals surface area contributed by atoms with Crippen LogP contribution in [0.3, 0.4) is 0 Å². The van der Waals surface area contributed by atoms with E-state index in [-0.39, 0.29) is 0 Å². The average Bonchev–Trinajstić information content (AvgIpc) is 2.20. The van der Waals surface area contributed by atoms with Crippen LogP contribution in [0, 0.1) is 4.77 Å². The van der Waals surface area contributed by atoms with Crippen molar-refractivity contribution in [1.82, 2.24) is 14.8 Å². The molecule has 0 saturated heterocycles. The van der Waals surface area contributed by atoms with E-state index < -0.39 is 0 Å². The molecule has 0 saturated carbocycles. The standard InChI is InChI=1S/C5H10N4S/c1-2-3-9-4(6)7-8-5(9)10/h2-3H2,1H3,(H2,6,7)(H,8,10). The van der Waals surface area contributed by atoms with Gasteiger partial charge in [0.2, 0.25) is 5.95 Å². The van der Waals surface area contributed by atoms with Gasteiger partial charge in [0, 0.05) is 6.54 Å². The van der Waals surface area contributed by atoms with Crippen molar-refractivity contribution in [2.45, 2.75) is 19.9 Å². The van der Waals surface area contributed by atoms with E-state index in [0.717, 1.165) is 13.0 Å². The fraction of sp³-hybridized carbons (Fsp3) is 0.600. The van der Waals surface area contributed by atoms with E-state index in [9.17, 15) is 0 Å². The number of nitrogens with one attached hydrogen (secondary N) is 1. The Kier molecular flexibility index (Phi) is 2.06. The molecule has 0 aliphatic carbocycles. The Morgan fingerprint density at radius 2 is 2.50 bits per heavy atom. The Hall–Kier alpha value is -0.840. The molecule has 10 heavy (non-hydrogen) atoms. The first kappa shape index (κ1) is 7.27. The van der Waals surface area contributed by atoms with E-state index >= 15 is 0 Å². The van der Waals surface area contributed by atoms with Gasteiger partial charge in [0.25, 0.3) is 0 Å². The smallest absolute Gasteiger partial charge is 0.220 e. The van der Waals surface area contributed by atoms with Crippen LogP contribution in [0.25, 0.3) is 0 Å². The first-order valence-electron chi connectivity index (χ1n) is 3.16. The Morgan fingerprint density at radius 1 is 1.80 bits per heavy atom. The zero-order chi connectivity index (χ0) is 7.56. The highest BCUT2D eigenvalue weighted by Gasteiger charge is 1.97. The molecule has 0 atom stereocenters. The van der Waals surface area contributed by atoms with Crippen LogP contribution in [0.2, 0.25) is 0 Å². The number of aromatic amines is 1. The minimum atomic E-state index is 0.465. The lowest BCUT2D eigenvalue weighted by Gasteiger charge is -1.97. The van der Waals surface area contributed by atoms with E-state index in [0.29, 0.717) is 10.7 Å². The molecule has 1 heterocycles. The lowest BCUT2D eigenvalue weighted by atomic mass is 10.5. The van der Waals surface area contributed by atoms with Gasteiger partial charge in [-0.2, -0.15) is 0 Å². The van der Waals surface area contributed by atoms with Crippen molar-refractivity contribution in [3.8, 4) is 0 Å². The van der Waals surface area contributed by atoms with Crippen LogP contribution >= 0.6 is 12.2 Å². The summed E-state index contributed by atoms with van der Waals surface area (Å²) in [6.07, 6.45) is 1.01. The van der Waals surface area contributed by atoms with Crippen LogP contribution in [0.15, 0.2) is 0 Å². The second kappa shape index (κ2) is 2.83. The summed E-state index contributed by atoms with van der Waals surface area (Å²) in [5.74, 6) is 0.465. The molecule has 0 aliphatic heterocycles. The van der Waals surface area contributed by atoms with Crippen LogP contribution in [0.4, 0.5) is 5.95 Å². The quantitative estimate of drug-likeness (QED) is 0.629. The summed E-state index contributed by atoms with van der Waals surface area (Å²) in [6.45, 7) is 2.90. The number of nitrogens with two attached hydrogens (primary N) is 1. The first-order valence-corrected chi connectivity index (χ1v) is 3.57. The van der Waals surface area contributed by atoms with E-state index in [1.807, 2.05) is 0 Å². The highest BCUT2D eigenvalue weighted by Crippen LogP contribution is 1.99. The number of hydrogen-bond acceptors (Lipinski definition) is 3. The predicted molar refractivity (Wildman–Crippen MR) is 42.1 cm³/mol. The maximum absolute atomic E-state index is 5.48. The maximum Gasteiger partial charge on any atom is 0.220 e. The molecule has 0 radical (unpaired) electrons. The van der Waals surface area contributed by atoms with Crippen LogP contribution in [-0.4, -0.2) is 14.8 Å². The number of rotatable bonds is 2. The van der Waals surface area contributed by atoms with E-state index in [1.54, 1.807) is 4.57 Å². The fourth-order valence-electron chi connectivity index (χ4n) is 0.770. The van der Waals surface area contributed by atoms with Crippen molar-refractivity contribution in [2.24, 2.45) is 0 Å². The Balaban J connectivity index is 2.99.